The lowest BCUT2D eigenvalue weighted by atomic mass is 10.1. The standard InChI is InChI=1S/C15H23N3O2/c1-12(16)2-3-13-4-6-14(7-5-13)20-11-10-18-9-8-17-15(18)19/h4-7,12H,2-3,8-11,16H2,1H3,(H,17,19). The summed E-state index contributed by atoms with van der Waals surface area (Å²) in [6.07, 6.45) is 1.98. The number of nitrogens with zero attached hydrogens (tertiary/aromatic N) is 1. The number of carbonyl (C=O) groups excluding carboxylic acids is 1. The summed E-state index contributed by atoms with van der Waals surface area (Å²) in [5, 5.41) is 2.77. The number of aryl methyl sites for hydroxylation is 1. The number of nitrogens with two attached hydrogens (primary N) is 1. The first-order valence-electron chi connectivity index (χ1n) is 7.15. The zero-order valence-electron chi connectivity index (χ0n) is 12.0. The fourth-order valence-electron chi connectivity index (χ4n) is 2.14. The van der Waals surface area contributed by atoms with E-state index in [9.17, 15) is 4.79 Å². The van der Waals surface area contributed by atoms with Gasteiger partial charge in [0.15, 0.2) is 0 Å². The lowest BCUT2D eigenvalue weighted by Crippen LogP contribution is -2.31. The van der Waals surface area contributed by atoms with E-state index >= 15 is 0 Å². The highest BCUT2D eigenvalue weighted by Gasteiger charge is 2.18. The molecular formula is C15H23N3O2. The number of urea groups is 1. The van der Waals surface area contributed by atoms with Gasteiger partial charge in [0.25, 0.3) is 0 Å². The van der Waals surface area contributed by atoms with Crippen LogP contribution in [0.1, 0.15) is 18.9 Å². The van der Waals surface area contributed by atoms with Crippen LogP contribution in [0.5, 0.6) is 5.75 Å². The summed E-state index contributed by atoms with van der Waals surface area (Å²) in [4.78, 5) is 13.1. The van der Waals surface area contributed by atoms with Crippen LogP contribution in [0, 0.1) is 0 Å². The van der Waals surface area contributed by atoms with Crippen LogP contribution in [0.25, 0.3) is 0 Å². The number of ether oxygens (including phenoxy) is 1. The highest BCUT2D eigenvalue weighted by Crippen LogP contribution is 2.14. The molecule has 0 spiro atoms. The summed E-state index contributed by atoms with van der Waals surface area (Å²) >= 11 is 0. The molecule has 1 aliphatic heterocycles. The van der Waals surface area contributed by atoms with Crippen LogP contribution in [-0.2, 0) is 6.42 Å². The van der Waals surface area contributed by atoms with Crippen molar-refractivity contribution in [3.05, 3.63) is 29.8 Å². The predicted octanol–water partition coefficient (Wildman–Crippen LogP) is 1.37. The number of benzene rings is 1. The Balaban J connectivity index is 1.72. The summed E-state index contributed by atoms with van der Waals surface area (Å²) in [5.41, 5.74) is 7.02. The lowest BCUT2D eigenvalue weighted by Gasteiger charge is -2.14. The second-order valence-corrected chi connectivity index (χ2v) is 5.23. The van der Waals surface area contributed by atoms with Crippen LogP contribution in [0.4, 0.5) is 4.79 Å². The molecule has 1 aromatic rings. The molecule has 0 bridgehead atoms. The van der Waals surface area contributed by atoms with Gasteiger partial charge >= 0.3 is 6.03 Å². The van der Waals surface area contributed by atoms with Crippen molar-refractivity contribution in [1.82, 2.24) is 10.2 Å². The van der Waals surface area contributed by atoms with Crippen molar-refractivity contribution in [2.45, 2.75) is 25.8 Å². The summed E-state index contributed by atoms with van der Waals surface area (Å²) < 4.78 is 5.65. The number of amides is 2. The van der Waals surface area contributed by atoms with Crippen molar-refractivity contribution in [3.63, 3.8) is 0 Å². The topological polar surface area (TPSA) is 67.6 Å². The third-order valence-corrected chi connectivity index (χ3v) is 3.39. The quantitative estimate of drug-likeness (QED) is 0.791. The maximum Gasteiger partial charge on any atom is 0.317 e. The second kappa shape index (κ2) is 7.14. The van der Waals surface area contributed by atoms with Crippen LogP contribution in [0.3, 0.4) is 0 Å². The largest absolute Gasteiger partial charge is 0.492 e. The van der Waals surface area contributed by atoms with Crippen LogP contribution < -0.4 is 15.8 Å². The summed E-state index contributed by atoms with van der Waals surface area (Å²) in [6.45, 7) is 4.66. The van der Waals surface area contributed by atoms with E-state index in [0.29, 0.717) is 13.2 Å². The number of hydrogen-bond acceptors (Lipinski definition) is 3. The van der Waals surface area contributed by atoms with Crippen molar-refractivity contribution < 1.29 is 9.53 Å². The van der Waals surface area contributed by atoms with E-state index in [2.05, 4.69) is 17.4 Å². The molecule has 2 rings (SSSR count). The molecule has 1 atom stereocenters. The SMILES string of the molecule is CC(N)CCc1ccc(OCCN2CCNC2=O)cc1. The van der Waals surface area contributed by atoms with Crippen LogP contribution in [0.2, 0.25) is 0 Å². The molecule has 0 aliphatic carbocycles. The minimum atomic E-state index is -0.000137. The molecule has 0 aromatic heterocycles. The molecule has 20 heavy (non-hydrogen) atoms. The molecule has 1 unspecified atom stereocenters. The van der Waals surface area contributed by atoms with E-state index < -0.39 is 0 Å². The molecule has 1 saturated heterocycles. The van der Waals surface area contributed by atoms with Crippen LogP contribution in [0.15, 0.2) is 24.3 Å². The van der Waals surface area contributed by atoms with Gasteiger partial charge in [0.05, 0.1) is 6.54 Å². The van der Waals surface area contributed by atoms with Gasteiger partial charge in [0.2, 0.25) is 0 Å². The molecule has 5 heteroatoms. The minimum absolute atomic E-state index is 0.000137. The number of rotatable bonds is 7. The molecule has 1 fully saturated rings. The highest BCUT2D eigenvalue weighted by atomic mass is 16.5. The Kier molecular flexibility index (Phi) is 5.24. The van der Waals surface area contributed by atoms with Gasteiger partial charge in [-0.05, 0) is 37.5 Å². The zero-order valence-corrected chi connectivity index (χ0v) is 12.0. The fourth-order valence-corrected chi connectivity index (χ4v) is 2.14. The van der Waals surface area contributed by atoms with E-state index in [1.54, 1.807) is 4.90 Å². The first kappa shape index (κ1) is 14.7. The highest BCUT2D eigenvalue weighted by molar-refractivity contribution is 5.76. The number of carbonyl (C=O) groups is 1. The maximum atomic E-state index is 11.3. The van der Waals surface area contributed by atoms with Gasteiger partial charge < -0.3 is 20.7 Å². The lowest BCUT2D eigenvalue weighted by molar-refractivity contribution is 0.202. The smallest absolute Gasteiger partial charge is 0.317 e. The van der Waals surface area contributed by atoms with Crippen molar-refractivity contribution in [1.29, 1.82) is 0 Å². The average molecular weight is 277 g/mol. The first-order valence-corrected chi connectivity index (χ1v) is 7.15. The van der Waals surface area contributed by atoms with Crippen molar-refractivity contribution in [2.24, 2.45) is 5.73 Å². The molecule has 3 N–H and O–H groups in total. The summed E-state index contributed by atoms with van der Waals surface area (Å²) in [7, 11) is 0. The van der Waals surface area contributed by atoms with Gasteiger partial charge in [-0.2, -0.15) is 0 Å². The molecule has 0 saturated carbocycles. The molecular weight excluding hydrogens is 254 g/mol. The molecule has 1 aliphatic rings. The van der Waals surface area contributed by atoms with E-state index in [0.717, 1.165) is 31.7 Å². The Hall–Kier alpha value is -1.75. The molecule has 110 valence electrons. The maximum absolute atomic E-state index is 11.3. The van der Waals surface area contributed by atoms with Crippen molar-refractivity contribution in [3.8, 4) is 5.75 Å². The first-order chi connectivity index (χ1) is 9.65. The van der Waals surface area contributed by atoms with E-state index in [1.165, 1.54) is 5.56 Å². The van der Waals surface area contributed by atoms with Gasteiger partial charge in [-0.25, -0.2) is 4.79 Å². The van der Waals surface area contributed by atoms with Gasteiger partial charge in [-0.1, -0.05) is 12.1 Å². The molecule has 0 radical (unpaired) electrons. The summed E-state index contributed by atoms with van der Waals surface area (Å²) in [6, 6.07) is 8.32. The van der Waals surface area contributed by atoms with E-state index in [4.69, 9.17) is 10.5 Å². The second-order valence-electron chi connectivity index (χ2n) is 5.23. The molecule has 2 amide bonds. The Bertz CT molecular complexity index is 431. The Morgan fingerprint density at radius 3 is 2.75 bits per heavy atom. The molecule has 1 heterocycles. The summed E-state index contributed by atoms with van der Waals surface area (Å²) in [5.74, 6) is 0.842. The Labute approximate surface area is 120 Å². The normalized spacial score (nSPS) is 16.1. The minimum Gasteiger partial charge on any atom is -0.492 e. The molecule has 5 nitrogen and oxygen atoms in total. The van der Waals surface area contributed by atoms with E-state index in [1.807, 2.05) is 19.1 Å². The van der Waals surface area contributed by atoms with Crippen molar-refractivity contribution >= 4 is 6.03 Å². The van der Waals surface area contributed by atoms with Crippen LogP contribution >= 0.6 is 0 Å². The Morgan fingerprint density at radius 2 is 2.15 bits per heavy atom. The van der Waals surface area contributed by atoms with Gasteiger partial charge in [-0.3, -0.25) is 0 Å². The van der Waals surface area contributed by atoms with Crippen LogP contribution in [-0.4, -0.2) is 43.2 Å². The monoisotopic (exact) mass is 277 g/mol. The predicted molar refractivity (Wildman–Crippen MR) is 78.9 cm³/mol. The Morgan fingerprint density at radius 1 is 1.40 bits per heavy atom. The van der Waals surface area contributed by atoms with Crippen molar-refractivity contribution in [2.75, 3.05) is 26.2 Å². The zero-order chi connectivity index (χ0) is 14.4. The van der Waals surface area contributed by atoms with Gasteiger partial charge in [0.1, 0.15) is 12.4 Å². The molecule has 1 aromatic carbocycles. The van der Waals surface area contributed by atoms with Gasteiger partial charge in [-0.15, -0.1) is 0 Å². The van der Waals surface area contributed by atoms with Gasteiger partial charge in [0, 0.05) is 19.1 Å². The number of nitrogens with one attached hydrogen (secondary N) is 1. The number of hydrogen-bond donors (Lipinski definition) is 2. The third kappa shape index (κ3) is 4.42. The third-order valence-electron chi connectivity index (χ3n) is 3.39. The average Bonchev–Trinajstić information content (AvgIpc) is 2.83. The van der Waals surface area contributed by atoms with E-state index in [-0.39, 0.29) is 12.1 Å². The fraction of sp³-hybridized carbons (Fsp3) is 0.533.